The van der Waals surface area contributed by atoms with Crippen LogP contribution in [0, 0.1) is 0 Å². The third-order valence-corrected chi connectivity index (χ3v) is 4.10. The number of rotatable bonds is 4. The summed E-state index contributed by atoms with van der Waals surface area (Å²) in [6, 6.07) is 0. The van der Waals surface area contributed by atoms with E-state index in [2.05, 4.69) is 10.3 Å². The zero-order valence-electron chi connectivity index (χ0n) is 11.1. The van der Waals surface area contributed by atoms with Gasteiger partial charge in [-0.3, -0.25) is 4.79 Å². The average molecular weight is 305 g/mol. The van der Waals surface area contributed by atoms with Crippen LogP contribution in [0.1, 0.15) is 9.67 Å². The van der Waals surface area contributed by atoms with E-state index in [1.54, 1.807) is 0 Å². The lowest BCUT2D eigenvalue weighted by Crippen LogP contribution is -2.43. The van der Waals surface area contributed by atoms with Gasteiger partial charge in [0, 0.05) is 33.2 Å². The summed E-state index contributed by atoms with van der Waals surface area (Å²) in [6.45, 7) is 2.64. The van der Waals surface area contributed by atoms with Crippen molar-refractivity contribution in [2.24, 2.45) is 0 Å². The van der Waals surface area contributed by atoms with Gasteiger partial charge in [0.05, 0.1) is 6.54 Å². The van der Waals surface area contributed by atoms with Crippen LogP contribution in [0.25, 0.3) is 0 Å². The third kappa shape index (κ3) is 3.34. The number of carbonyl (C=O) groups is 1. The molecule has 1 aromatic heterocycles. The van der Waals surface area contributed by atoms with E-state index in [0.717, 1.165) is 42.4 Å². The zero-order chi connectivity index (χ0) is 14.7. The molecule has 112 valence electrons. The number of thiazole rings is 1. The fourth-order valence-corrected chi connectivity index (χ4v) is 2.96. The van der Waals surface area contributed by atoms with Gasteiger partial charge in [0.1, 0.15) is 10.7 Å². The molecule has 3 N–H and O–H groups in total. The molecule has 0 radical (unpaired) electrons. The summed E-state index contributed by atoms with van der Waals surface area (Å²) >= 11 is 1.16. The Morgan fingerprint density at radius 1 is 1.55 bits per heavy atom. The van der Waals surface area contributed by atoms with Crippen LogP contribution in [-0.4, -0.2) is 62.0 Å². The molecule has 1 fully saturated rings. The number of piperazine rings is 1. The van der Waals surface area contributed by atoms with Crippen molar-refractivity contribution >= 4 is 28.2 Å². The van der Waals surface area contributed by atoms with Crippen LogP contribution in [0.2, 0.25) is 0 Å². The first-order chi connectivity index (χ1) is 9.49. The Balaban J connectivity index is 2.12. The molecule has 0 spiro atoms. The lowest BCUT2D eigenvalue weighted by Gasteiger charge is -2.26. The zero-order valence-corrected chi connectivity index (χ0v) is 11.9. The monoisotopic (exact) mass is 305 g/mol. The number of nitrogens with one attached hydrogen (secondary N) is 1. The van der Waals surface area contributed by atoms with Crippen LogP contribution in [0.4, 0.5) is 19.7 Å². The van der Waals surface area contributed by atoms with Gasteiger partial charge in [-0.1, -0.05) is 11.3 Å². The highest BCUT2D eigenvalue weighted by molar-refractivity contribution is 7.18. The number of hydrogen-bond donors (Lipinski definition) is 2. The van der Waals surface area contributed by atoms with Gasteiger partial charge in [-0.05, 0) is 0 Å². The summed E-state index contributed by atoms with van der Waals surface area (Å²) in [7, 11) is 1.33. The molecular formula is C11H17F2N5OS. The van der Waals surface area contributed by atoms with Gasteiger partial charge in [-0.25, -0.2) is 13.8 Å². The van der Waals surface area contributed by atoms with Gasteiger partial charge in [0.2, 0.25) is 0 Å². The highest BCUT2D eigenvalue weighted by atomic mass is 32.1. The molecule has 0 aliphatic carbocycles. The minimum Gasteiger partial charge on any atom is -0.382 e. The molecule has 1 amide bonds. The van der Waals surface area contributed by atoms with Gasteiger partial charge < -0.3 is 20.9 Å². The van der Waals surface area contributed by atoms with E-state index in [1.807, 2.05) is 4.90 Å². The summed E-state index contributed by atoms with van der Waals surface area (Å²) < 4.78 is 24.6. The smallest absolute Gasteiger partial charge is 0.267 e. The van der Waals surface area contributed by atoms with E-state index in [1.165, 1.54) is 7.05 Å². The average Bonchev–Trinajstić information content (AvgIpc) is 2.80. The maximum atomic E-state index is 12.3. The molecule has 0 atom stereocenters. The molecule has 0 bridgehead atoms. The molecule has 1 aliphatic rings. The van der Waals surface area contributed by atoms with Crippen molar-refractivity contribution in [1.29, 1.82) is 0 Å². The van der Waals surface area contributed by atoms with Crippen LogP contribution in [0.15, 0.2) is 0 Å². The van der Waals surface area contributed by atoms with Crippen molar-refractivity contribution in [1.82, 2.24) is 15.2 Å². The second-order valence-corrected chi connectivity index (χ2v) is 5.50. The third-order valence-electron chi connectivity index (χ3n) is 2.98. The Morgan fingerprint density at radius 3 is 2.80 bits per heavy atom. The number of nitrogen functional groups attached to an aromatic ring is 1. The minimum atomic E-state index is -2.56. The first-order valence-corrected chi connectivity index (χ1v) is 7.06. The first kappa shape index (κ1) is 14.9. The minimum absolute atomic E-state index is 0.106. The van der Waals surface area contributed by atoms with Crippen molar-refractivity contribution in [3.8, 4) is 0 Å². The molecule has 1 aliphatic heterocycles. The second-order valence-electron chi connectivity index (χ2n) is 4.52. The highest BCUT2D eigenvalue weighted by Crippen LogP contribution is 2.29. The summed E-state index contributed by atoms with van der Waals surface area (Å²) in [5.41, 5.74) is 5.74. The molecule has 2 heterocycles. The van der Waals surface area contributed by atoms with Gasteiger partial charge in [0.15, 0.2) is 5.13 Å². The van der Waals surface area contributed by atoms with Gasteiger partial charge in [0.25, 0.3) is 12.3 Å². The number of amides is 1. The van der Waals surface area contributed by atoms with Gasteiger partial charge in [-0.15, -0.1) is 0 Å². The molecule has 1 saturated heterocycles. The summed E-state index contributed by atoms with van der Waals surface area (Å²) in [6.07, 6.45) is -2.56. The number of aromatic nitrogens is 1. The molecule has 9 heteroatoms. The number of nitrogens with two attached hydrogens (primary N) is 1. The number of carbonyl (C=O) groups excluding carboxylic acids is 1. The summed E-state index contributed by atoms with van der Waals surface area (Å²) in [5, 5.41) is 3.88. The Hall–Kier alpha value is -1.48. The van der Waals surface area contributed by atoms with Crippen molar-refractivity contribution < 1.29 is 13.6 Å². The number of alkyl halides is 2. The van der Waals surface area contributed by atoms with E-state index in [0.29, 0.717) is 5.13 Å². The molecule has 0 aromatic carbocycles. The topological polar surface area (TPSA) is 74.5 Å². The van der Waals surface area contributed by atoms with Gasteiger partial charge in [-0.2, -0.15) is 0 Å². The largest absolute Gasteiger partial charge is 0.382 e. The van der Waals surface area contributed by atoms with E-state index >= 15 is 0 Å². The van der Waals surface area contributed by atoms with Crippen LogP contribution in [-0.2, 0) is 0 Å². The Morgan fingerprint density at radius 2 is 2.20 bits per heavy atom. The van der Waals surface area contributed by atoms with E-state index < -0.39 is 18.9 Å². The lowest BCUT2D eigenvalue weighted by molar-refractivity contribution is 0.0625. The van der Waals surface area contributed by atoms with Crippen molar-refractivity contribution in [2.45, 2.75) is 6.43 Å². The standard InChI is InChI=1S/C11H17F2N5OS/c1-17(6-7(12)13)10(19)8-9(14)16-11(20-8)18-4-2-15-3-5-18/h7,15H,2-6,14H2,1H3. The fraction of sp³-hybridized carbons (Fsp3) is 0.636. The van der Waals surface area contributed by atoms with E-state index in [4.69, 9.17) is 5.73 Å². The van der Waals surface area contributed by atoms with Crippen molar-refractivity contribution in [2.75, 3.05) is 50.4 Å². The van der Waals surface area contributed by atoms with Crippen molar-refractivity contribution in [3.63, 3.8) is 0 Å². The van der Waals surface area contributed by atoms with Crippen LogP contribution < -0.4 is 16.0 Å². The van der Waals surface area contributed by atoms with E-state index in [9.17, 15) is 13.6 Å². The number of anilines is 2. The molecule has 20 heavy (non-hydrogen) atoms. The predicted octanol–water partition coefficient (Wildman–Crippen LogP) is 0.472. The second kappa shape index (κ2) is 6.31. The van der Waals surface area contributed by atoms with Crippen LogP contribution in [0.5, 0.6) is 0 Å². The lowest BCUT2D eigenvalue weighted by atomic mass is 10.4. The number of nitrogens with zero attached hydrogens (tertiary/aromatic N) is 3. The first-order valence-electron chi connectivity index (χ1n) is 6.24. The summed E-state index contributed by atoms with van der Waals surface area (Å²) in [5.74, 6) is -0.406. The number of halogens is 2. The fourth-order valence-electron chi connectivity index (χ4n) is 1.93. The molecule has 0 saturated carbocycles. The highest BCUT2D eigenvalue weighted by Gasteiger charge is 2.24. The number of hydrogen-bond acceptors (Lipinski definition) is 6. The maximum absolute atomic E-state index is 12.3. The van der Waals surface area contributed by atoms with Crippen LogP contribution >= 0.6 is 11.3 Å². The molecule has 2 rings (SSSR count). The van der Waals surface area contributed by atoms with Crippen LogP contribution in [0.3, 0.4) is 0 Å². The molecule has 6 nitrogen and oxygen atoms in total. The Bertz CT molecular complexity index is 475. The normalized spacial score (nSPS) is 15.7. The SMILES string of the molecule is CN(CC(F)F)C(=O)c1sc(N2CCNCC2)nc1N. The van der Waals surface area contributed by atoms with Crippen molar-refractivity contribution in [3.05, 3.63) is 4.88 Å². The molecule has 1 aromatic rings. The Labute approximate surface area is 119 Å². The quantitative estimate of drug-likeness (QED) is 0.846. The maximum Gasteiger partial charge on any atom is 0.267 e. The van der Waals surface area contributed by atoms with Gasteiger partial charge >= 0.3 is 0 Å². The predicted molar refractivity (Wildman–Crippen MR) is 74.6 cm³/mol. The Kier molecular flexibility index (Phi) is 4.71. The van der Waals surface area contributed by atoms with E-state index in [-0.39, 0.29) is 10.7 Å². The molecule has 0 unspecified atom stereocenters. The summed E-state index contributed by atoms with van der Waals surface area (Å²) in [4.78, 5) is 19.4. The molecular weight excluding hydrogens is 288 g/mol.